The van der Waals surface area contributed by atoms with E-state index in [4.69, 9.17) is 9.84 Å². The highest BCUT2D eigenvalue weighted by Crippen LogP contribution is 2.44. The summed E-state index contributed by atoms with van der Waals surface area (Å²) in [5.74, 6) is 0.625. The number of carbonyl (C=O) groups excluding carboxylic acids is 1. The molecule has 2 fully saturated rings. The Kier molecular flexibility index (Phi) is 4.05. The summed E-state index contributed by atoms with van der Waals surface area (Å²) >= 11 is 0. The van der Waals surface area contributed by atoms with Gasteiger partial charge < -0.3 is 15.2 Å². The van der Waals surface area contributed by atoms with Crippen molar-refractivity contribution in [3.8, 4) is 0 Å². The lowest BCUT2D eigenvalue weighted by Gasteiger charge is -2.34. The van der Waals surface area contributed by atoms with Gasteiger partial charge in [-0.15, -0.1) is 0 Å². The number of hydrogen-bond donors (Lipinski definition) is 2. The zero-order chi connectivity index (χ0) is 12.3. The first kappa shape index (κ1) is 12.8. The molecule has 4 heteroatoms. The van der Waals surface area contributed by atoms with Gasteiger partial charge in [-0.1, -0.05) is 0 Å². The predicted molar refractivity (Wildman–Crippen MR) is 64.5 cm³/mol. The van der Waals surface area contributed by atoms with Crippen molar-refractivity contribution in [2.45, 2.75) is 45.1 Å². The van der Waals surface area contributed by atoms with Gasteiger partial charge in [0.05, 0.1) is 12.7 Å². The predicted octanol–water partition coefficient (Wildman–Crippen LogP) is 1.08. The normalized spacial score (nSPS) is 29.5. The first-order valence-corrected chi connectivity index (χ1v) is 6.66. The van der Waals surface area contributed by atoms with Crippen molar-refractivity contribution in [2.24, 2.45) is 11.3 Å². The fourth-order valence-corrected chi connectivity index (χ4v) is 2.40. The summed E-state index contributed by atoms with van der Waals surface area (Å²) in [4.78, 5) is 11.7. The first-order valence-electron chi connectivity index (χ1n) is 6.66. The second kappa shape index (κ2) is 5.36. The van der Waals surface area contributed by atoms with E-state index in [-0.39, 0.29) is 17.9 Å². The number of nitrogens with one attached hydrogen (secondary N) is 1. The summed E-state index contributed by atoms with van der Waals surface area (Å²) in [5.41, 5.74) is 0.0170. The molecule has 2 saturated carbocycles. The molecule has 1 amide bonds. The van der Waals surface area contributed by atoms with Crippen LogP contribution >= 0.6 is 0 Å². The Labute approximate surface area is 103 Å². The number of hydrogen-bond acceptors (Lipinski definition) is 3. The van der Waals surface area contributed by atoms with Crippen LogP contribution in [0.3, 0.4) is 0 Å². The largest absolute Gasteiger partial charge is 0.396 e. The number of aliphatic hydroxyl groups is 1. The molecule has 17 heavy (non-hydrogen) atoms. The van der Waals surface area contributed by atoms with Crippen molar-refractivity contribution in [3.63, 3.8) is 0 Å². The summed E-state index contributed by atoms with van der Waals surface area (Å²) in [7, 11) is 0. The zero-order valence-corrected chi connectivity index (χ0v) is 10.6. The van der Waals surface area contributed by atoms with E-state index in [0.717, 1.165) is 32.3 Å². The molecule has 2 N–H and O–H groups in total. The first-order chi connectivity index (χ1) is 8.17. The molecule has 0 aromatic carbocycles. The zero-order valence-electron chi connectivity index (χ0n) is 10.6. The molecule has 0 aliphatic heterocycles. The molecule has 0 atom stereocenters. The van der Waals surface area contributed by atoms with Crippen LogP contribution in [-0.4, -0.2) is 36.9 Å². The van der Waals surface area contributed by atoms with E-state index in [1.807, 2.05) is 6.92 Å². The van der Waals surface area contributed by atoms with Crippen LogP contribution in [0.15, 0.2) is 0 Å². The molecular weight excluding hydrogens is 218 g/mol. The van der Waals surface area contributed by atoms with Gasteiger partial charge in [0.25, 0.3) is 0 Å². The molecule has 2 aliphatic rings. The highest BCUT2D eigenvalue weighted by atomic mass is 16.5. The maximum absolute atomic E-state index is 11.7. The van der Waals surface area contributed by atoms with E-state index in [1.165, 1.54) is 0 Å². The van der Waals surface area contributed by atoms with Gasteiger partial charge in [0, 0.05) is 25.0 Å². The van der Waals surface area contributed by atoms with Crippen molar-refractivity contribution in [1.29, 1.82) is 0 Å². The topological polar surface area (TPSA) is 58.6 Å². The fourth-order valence-electron chi connectivity index (χ4n) is 2.40. The van der Waals surface area contributed by atoms with Gasteiger partial charge >= 0.3 is 0 Å². The third kappa shape index (κ3) is 3.42. The van der Waals surface area contributed by atoms with Crippen LogP contribution < -0.4 is 5.32 Å². The van der Waals surface area contributed by atoms with Crippen molar-refractivity contribution in [1.82, 2.24) is 5.32 Å². The molecule has 2 rings (SSSR count). The Morgan fingerprint density at radius 1 is 1.47 bits per heavy atom. The Bertz CT molecular complexity index is 270. The SMILES string of the molecule is CCOC1CC(CC(=O)NCC2(CO)CC2)C1. The standard InChI is InChI=1S/C13H23NO3/c1-2-17-11-5-10(6-11)7-12(16)14-8-13(9-15)3-4-13/h10-11,15H,2-9H2,1H3,(H,14,16). The van der Waals surface area contributed by atoms with Gasteiger partial charge in [-0.05, 0) is 38.5 Å². The van der Waals surface area contributed by atoms with Crippen LogP contribution in [-0.2, 0) is 9.53 Å². The van der Waals surface area contributed by atoms with Crippen LogP contribution in [0.5, 0.6) is 0 Å². The number of amides is 1. The van der Waals surface area contributed by atoms with E-state index in [0.29, 0.717) is 25.0 Å². The van der Waals surface area contributed by atoms with Crippen LogP contribution in [0.4, 0.5) is 0 Å². The monoisotopic (exact) mass is 241 g/mol. The quantitative estimate of drug-likeness (QED) is 0.701. The highest BCUT2D eigenvalue weighted by molar-refractivity contribution is 5.76. The number of ether oxygens (including phenoxy) is 1. The number of carbonyl (C=O) groups is 1. The molecule has 4 nitrogen and oxygen atoms in total. The smallest absolute Gasteiger partial charge is 0.220 e. The van der Waals surface area contributed by atoms with Crippen molar-refractivity contribution in [3.05, 3.63) is 0 Å². The minimum absolute atomic E-state index is 0.0170. The van der Waals surface area contributed by atoms with Crippen LogP contribution in [0.25, 0.3) is 0 Å². The lowest BCUT2D eigenvalue weighted by atomic mass is 9.80. The average molecular weight is 241 g/mol. The Morgan fingerprint density at radius 3 is 2.71 bits per heavy atom. The van der Waals surface area contributed by atoms with E-state index >= 15 is 0 Å². The molecule has 0 heterocycles. The highest BCUT2D eigenvalue weighted by Gasteiger charge is 2.42. The van der Waals surface area contributed by atoms with Crippen LogP contribution in [0, 0.1) is 11.3 Å². The number of aliphatic hydroxyl groups excluding tert-OH is 1. The third-order valence-electron chi connectivity index (χ3n) is 4.02. The van der Waals surface area contributed by atoms with Crippen molar-refractivity contribution >= 4 is 5.91 Å². The lowest BCUT2D eigenvalue weighted by Crippen LogP contribution is -2.37. The van der Waals surface area contributed by atoms with Crippen molar-refractivity contribution < 1.29 is 14.6 Å². The molecule has 0 unspecified atom stereocenters. The summed E-state index contributed by atoms with van der Waals surface area (Å²) in [6.07, 6.45) is 5.12. The summed E-state index contributed by atoms with van der Waals surface area (Å²) in [6.45, 7) is 3.61. The Hall–Kier alpha value is -0.610. The second-order valence-corrected chi connectivity index (χ2v) is 5.55. The maximum atomic E-state index is 11.7. The Balaban J connectivity index is 1.56. The van der Waals surface area contributed by atoms with Gasteiger partial charge in [-0.25, -0.2) is 0 Å². The number of rotatable bonds is 7. The fraction of sp³-hybridized carbons (Fsp3) is 0.923. The molecule has 0 spiro atoms. The van der Waals surface area contributed by atoms with E-state index in [1.54, 1.807) is 0 Å². The van der Waals surface area contributed by atoms with Gasteiger partial charge in [0.1, 0.15) is 0 Å². The minimum atomic E-state index is 0.0170. The van der Waals surface area contributed by atoms with Crippen LogP contribution in [0.1, 0.15) is 39.0 Å². The molecule has 0 aromatic heterocycles. The molecule has 2 aliphatic carbocycles. The van der Waals surface area contributed by atoms with Gasteiger partial charge in [0.15, 0.2) is 0 Å². The Morgan fingerprint density at radius 2 is 2.18 bits per heavy atom. The third-order valence-corrected chi connectivity index (χ3v) is 4.02. The molecule has 98 valence electrons. The molecule has 0 aromatic rings. The lowest BCUT2D eigenvalue weighted by molar-refractivity contribution is -0.124. The van der Waals surface area contributed by atoms with E-state index in [9.17, 15) is 4.79 Å². The molecule has 0 bridgehead atoms. The van der Waals surface area contributed by atoms with Crippen molar-refractivity contribution in [2.75, 3.05) is 19.8 Å². The minimum Gasteiger partial charge on any atom is -0.396 e. The van der Waals surface area contributed by atoms with Crippen LogP contribution in [0.2, 0.25) is 0 Å². The summed E-state index contributed by atoms with van der Waals surface area (Å²) < 4.78 is 5.47. The summed E-state index contributed by atoms with van der Waals surface area (Å²) in [5, 5.41) is 12.1. The van der Waals surface area contributed by atoms with E-state index < -0.39 is 0 Å². The second-order valence-electron chi connectivity index (χ2n) is 5.55. The van der Waals surface area contributed by atoms with Gasteiger partial charge in [-0.2, -0.15) is 0 Å². The van der Waals surface area contributed by atoms with E-state index in [2.05, 4.69) is 5.32 Å². The summed E-state index contributed by atoms with van der Waals surface area (Å²) in [6, 6.07) is 0. The molecule has 0 saturated heterocycles. The molecular formula is C13H23NO3. The van der Waals surface area contributed by atoms with Gasteiger partial charge in [-0.3, -0.25) is 4.79 Å². The van der Waals surface area contributed by atoms with Gasteiger partial charge in [0.2, 0.25) is 5.91 Å². The molecule has 0 radical (unpaired) electrons. The maximum Gasteiger partial charge on any atom is 0.220 e. The average Bonchev–Trinajstić information content (AvgIpc) is 3.04.